The molecule has 126 valence electrons. The van der Waals surface area contributed by atoms with Gasteiger partial charge in [0.05, 0.1) is 0 Å². The first-order valence-electron chi connectivity index (χ1n) is 8.45. The second kappa shape index (κ2) is 9.71. The van der Waals surface area contributed by atoms with Gasteiger partial charge in [-0.05, 0) is 36.6 Å². The van der Waals surface area contributed by atoms with Crippen LogP contribution in [0.1, 0.15) is 55.3 Å². The number of hydrogen-bond donors (Lipinski definition) is 2. The molecule has 0 spiro atoms. The van der Waals surface area contributed by atoms with Crippen molar-refractivity contribution in [3.8, 4) is 0 Å². The number of amides is 2. The second-order valence-electron chi connectivity index (χ2n) is 6.16. The molecule has 23 heavy (non-hydrogen) atoms. The van der Waals surface area contributed by atoms with E-state index in [1.54, 1.807) is 12.1 Å². The van der Waals surface area contributed by atoms with Crippen molar-refractivity contribution in [2.24, 2.45) is 5.92 Å². The minimum absolute atomic E-state index is 0.0110. The standard InChI is InChI=1S/C18H25BrN2O2/c19-16-8-6-15(7-9-16)18(23)21-13-11-17(22)20-12-10-14-4-2-1-3-5-14/h6-9,14H,1-5,10-13H2,(H,20,22)(H,21,23). The number of rotatable bonds is 7. The van der Waals surface area contributed by atoms with Gasteiger partial charge in [0.25, 0.3) is 5.91 Å². The zero-order chi connectivity index (χ0) is 16.5. The molecule has 1 aliphatic rings. The van der Waals surface area contributed by atoms with E-state index in [2.05, 4.69) is 26.6 Å². The topological polar surface area (TPSA) is 58.2 Å². The zero-order valence-corrected chi connectivity index (χ0v) is 15.0. The van der Waals surface area contributed by atoms with Crippen molar-refractivity contribution in [1.29, 1.82) is 0 Å². The lowest BCUT2D eigenvalue weighted by Gasteiger charge is -2.21. The minimum Gasteiger partial charge on any atom is -0.356 e. The van der Waals surface area contributed by atoms with Crippen molar-refractivity contribution in [3.63, 3.8) is 0 Å². The number of halogens is 1. The predicted molar refractivity (Wildman–Crippen MR) is 95.3 cm³/mol. The summed E-state index contributed by atoms with van der Waals surface area (Å²) < 4.78 is 0.936. The van der Waals surface area contributed by atoms with E-state index in [-0.39, 0.29) is 11.8 Å². The van der Waals surface area contributed by atoms with Gasteiger partial charge in [0.15, 0.2) is 0 Å². The van der Waals surface area contributed by atoms with Crippen molar-refractivity contribution in [2.75, 3.05) is 13.1 Å². The molecule has 0 radical (unpaired) electrons. The van der Waals surface area contributed by atoms with Crippen molar-refractivity contribution in [3.05, 3.63) is 34.3 Å². The zero-order valence-electron chi connectivity index (χ0n) is 13.4. The van der Waals surface area contributed by atoms with Crippen LogP contribution in [0.2, 0.25) is 0 Å². The van der Waals surface area contributed by atoms with E-state index in [4.69, 9.17) is 0 Å². The van der Waals surface area contributed by atoms with Crippen LogP contribution in [0.15, 0.2) is 28.7 Å². The molecule has 1 aromatic carbocycles. The summed E-state index contributed by atoms with van der Waals surface area (Å²) in [6, 6.07) is 7.16. The van der Waals surface area contributed by atoms with E-state index in [1.165, 1.54) is 32.1 Å². The lowest BCUT2D eigenvalue weighted by molar-refractivity contribution is -0.121. The molecule has 0 heterocycles. The Morgan fingerprint density at radius 3 is 2.39 bits per heavy atom. The Kier molecular flexibility index (Phi) is 7.59. The average molecular weight is 381 g/mol. The van der Waals surface area contributed by atoms with Gasteiger partial charge in [-0.1, -0.05) is 48.0 Å². The molecule has 0 atom stereocenters. The van der Waals surface area contributed by atoms with Gasteiger partial charge in [-0.3, -0.25) is 9.59 Å². The van der Waals surface area contributed by atoms with Gasteiger partial charge in [-0.2, -0.15) is 0 Å². The molecule has 4 nitrogen and oxygen atoms in total. The third-order valence-electron chi connectivity index (χ3n) is 4.34. The fourth-order valence-electron chi connectivity index (χ4n) is 2.97. The third kappa shape index (κ3) is 6.73. The fraction of sp³-hybridized carbons (Fsp3) is 0.556. The average Bonchev–Trinajstić information content (AvgIpc) is 2.56. The summed E-state index contributed by atoms with van der Waals surface area (Å²) in [4.78, 5) is 23.7. The summed E-state index contributed by atoms with van der Waals surface area (Å²) in [5, 5.41) is 5.73. The van der Waals surface area contributed by atoms with Crippen molar-refractivity contribution >= 4 is 27.7 Å². The van der Waals surface area contributed by atoms with Crippen molar-refractivity contribution < 1.29 is 9.59 Å². The lowest BCUT2D eigenvalue weighted by Crippen LogP contribution is -2.31. The highest BCUT2D eigenvalue weighted by Crippen LogP contribution is 2.25. The summed E-state index contributed by atoms with van der Waals surface area (Å²) in [6.07, 6.45) is 8.05. The molecule has 5 heteroatoms. The van der Waals surface area contributed by atoms with Gasteiger partial charge in [-0.25, -0.2) is 0 Å². The van der Waals surface area contributed by atoms with Crippen LogP contribution in [0.3, 0.4) is 0 Å². The maximum atomic E-state index is 11.9. The van der Waals surface area contributed by atoms with E-state index in [1.807, 2.05) is 12.1 Å². The predicted octanol–water partition coefficient (Wildman–Crippen LogP) is 3.66. The van der Waals surface area contributed by atoms with Crippen LogP contribution >= 0.6 is 15.9 Å². The number of carbonyl (C=O) groups excluding carboxylic acids is 2. The number of nitrogens with one attached hydrogen (secondary N) is 2. The highest BCUT2D eigenvalue weighted by Gasteiger charge is 2.13. The first-order valence-corrected chi connectivity index (χ1v) is 9.25. The summed E-state index contributed by atoms with van der Waals surface area (Å²) in [7, 11) is 0. The molecule has 0 unspecified atom stereocenters. The highest BCUT2D eigenvalue weighted by atomic mass is 79.9. The largest absolute Gasteiger partial charge is 0.356 e. The highest BCUT2D eigenvalue weighted by molar-refractivity contribution is 9.10. The second-order valence-corrected chi connectivity index (χ2v) is 7.07. The monoisotopic (exact) mass is 380 g/mol. The van der Waals surface area contributed by atoms with Gasteiger partial charge < -0.3 is 10.6 Å². The Labute approximate surface area is 146 Å². The first kappa shape index (κ1) is 18.0. The Balaban J connectivity index is 1.57. The Morgan fingerprint density at radius 1 is 1.00 bits per heavy atom. The van der Waals surface area contributed by atoms with Crippen LogP contribution in [0, 0.1) is 5.92 Å². The molecule has 2 N–H and O–H groups in total. The SMILES string of the molecule is O=C(CCNC(=O)c1ccc(Br)cc1)NCCC1CCCCC1. The maximum absolute atomic E-state index is 11.9. The Hall–Kier alpha value is -1.36. The quantitative estimate of drug-likeness (QED) is 0.758. The Bertz CT molecular complexity index is 510. The van der Waals surface area contributed by atoms with Gasteiger partial charge in [0.2, 0.25) is 5.91 Å². The van der Waals surface area contributed by atoms with Crippen LogP contribution in [-0.4, -0.2) is 24.9 Å². The molecule has 2 rings (SSSR count). The number of hydrogen-bond acceptors (Lipinski definition) is 2. The van der Waals surface area contributed by atoms with Gasteiger partial charge in [-0.15, -0.1) is 0 Å². The van der Waals surface area contributed by atoms with Crippen molar-refractivity contribution in [1.82, 2.24) is 10.6 Å². The summed E-state index contributed by atoms with van der Waals surface area (Å²) >= 11 is 3.33. The smallest absolute Gasteiger partial charge is 0.251 e. The molecular formula is C18H25BrN2O2. The Morgan fingerprint density at radius 2 is 1.70 bits per heavy atom. The van der Waals surface area contributed by atoms with E-state index < -0.39 is 0 Å². The van der Waals surface area contributed by atoms with E-state index >= 15 is 0 Å². The van der Waals surface area contributed by atoms with Crippen LogP contribution in [0.5, 0.6) is 0 Å². The van der Waals surface area contributed by atoms with E-state index in [9.17, 15) is 9.59 Å². The lowest BCUT2D eigenvalue weighted by atomic mass is 9.87. The van der Waals surface area contributed by atoms with Gasteiger partial charge >= 0.3 is 0 Å². The molecule has 0 aliphatic heterocycles. The molecule has 0 aromatic heterocycles. The number of carbonyl (C=O) groups is 2. The van der Waals surface area contributed by atoms with Gasteiger partial charge in [0, 0.05) is 29.5 Å². The normalized spacial score (nSPS) is 15.2. The molecule has 2 amide bonds. The molecule has 1 aliphatic carbocycles. The van der Waals surface area contributed by atoms with E-state index in [0.717, 1.165) is 23.4 Å². The minimum atomic E-state index is -0.146. The molecule has 0 saturated heterocycles. The summed E-state index contributed by atoms with van der Waals surface area (Å²) in [5.74, 6) is 0.644. The number of benzene rings is 1. The van der Waals surface area contributed by atoms with Crippen LogP contribution < -0.4 is 10.6 Å². The first-order chi connectivity index (χ1) is 11.1. The molecular weight excluding hydrogens is 356 g/mol. The van der Waals surface area contributed by atoms with E-state index in [0.29, 0.717) is 18.5 Å². The maximum Gasteiger partial charge on any atom is 0.251 e. The molecule has 1 aromatic rings. The van der Waals surface area contributed by atoms with Crippen LogP contribution in [0.4, 0.5) is 0 Å². The summed E-state index contributed by atoms with van der Waals surface area (Å²) in [6.45, 7) is 1.12. The van der Waals surface area contributed by atoms with Gasteiger partial charge in [0.1, 0.15) is 0 Å². The molecule has 1 fully saturated rings. The molecule has 1 saturated carbocycles. The fourth-order valence-corrected chi connectivity index (χ4v) is 3.24. The third-order valence-corrected chi connectivity index (χ3v) is 4.87. The summed E-state index contributed by atoms with van der Waals surface area (Å²) in [5.41, 5.74) is 0.603. The van der Waals surface area contributed by atoms with Crippen LogP contribution in [0.25, 0.3) is 0 Å². The molecule has 0 bridgehead atoms. The van der Waals surface area contributed by atoms with Crippen LogP contribution in [-0.2, 0) is 4.79 Å². The van der Waals surface area contributed by atoms with Crippen molar-refractivity contribution in [2.45, 2.75) is 44.9 Å².